The molecule has 142 valence electrons. The van der Waals surface area contributed by atoms with Crippen LogP contribution in [0, 0.1) is 0 Å². The molecule has 0 radical (unpaired) electrons. The van der Waals surface area contributed by atoms with Crippen LogP contribution in [0.3, 0.4) is 0 Å². The van der Waals surface area contributed by atoms with E-state index in [1.165, 1.54) is 0 Å². The van der Waals surface area contributed by atoms with Gasteiger partial charge in [-0.2, -0.15) is 0 Å². The van der Waals surface area contributed by atoms with E-state index in [0.29, 0.717) is 36.2 Å². The molecule has 6 nitrogen and oxygen atoms in total. The van der Waals surface area contributed by atoms with Crippen LogP contribution < -0.4 is 18.9 Å². The van der Waals surface area contributed by atoms with Crippen molar-refractivity contribution in [2.24, 2.45) is 0 Å². The fourth-order valence-electron chi connectivity index (χ4n) is 3.31. The number of nitrogens with zero attached hydrogens (tertiary/aromatic N) is 1. The Morgan fingerprint density at radius 2 is 2.00 bits per heavy atom. The van der Waals surface area contributed by atoms with E-state index < -0.39 is 0 Å². The first-order valence-corrected chi connectivity index (χ1v) is 9.85. The lowest BCUT2D eigenvalue weighted by Crippen LogP contribution is -2.28. The highest BCUT2D eigenvalue weighted by Gasteiger charge is 2.38. The van der Waals surface area contributed by atoms with E-state index in [2.05, 4.69) is 0 Å². The summed E-state index contributed by atoms with van der Waals surface area (Å²) < 4.78 is 22.2. The standard InChI is InChI=1S/C20H21NO5S/c1-3-24-14-6-4-13(5-7-14)10-21-17(22)11-27-20(21)18-15(23-2)8-9-16-19(18)26-12-25-16/h4-9,20H,3,10-12H2,1-2H3. The van der Waals surface area contributed by atoms with Crippen LogP contribution in [0.2, 0.25) is 0 Å². The molecule has 2 aromatic carbocycles. The number of thioether (sulfide) groups is 1. The summed E-state index contributed by atoms with van der Waals surface area (Å²) in [6.45, 7) is 3.27. The van der Waals surface area contributed by atoms with Gasteiger partial charge < -0.3 is 23.8 Å². The molecule has 1 amide bonds. The molecular weight excluding hydrogens is 366 g/mol. The number of rotatable bonds is 6. The predicted octanol–water partition coefficient (Wildman–Crippen LogP) is 3.60. The van der Waals surface area contributed by atoms with Crippen molar-refractivity contribution in [1.29, 1.82) is 0 Å². The molecule has 4 rings (SSSR count). The Balaban J connectivity index is 1.63. The van der Waals surface area contributed by atoms with Gasteiger partial charge in [0, 0.05) is 6.54 Å². The van der Waals surface area contributed by atoms with Crippen molar-refractivity contribution in [3.8, 4) is 23.0 Å². The summed E-state index contributed by atoms with van der Waals surface area (Å²) >= 11 is 1.57. The third kappa shape index (κ3) is 3.39. The quantitative estimate of drug-likeness (QED) is 0.755. The van der Waals surface area contributed by atoms with Gasteiger partial charge in [-0.3, -0.25) is 4.79 Å². The Bertz CT molecular complexity index is 839. The average molecular weight is 387 g/mol. The van der Waals surface area contributed by atoms with Crippen molar-refractivity contribution in [1.82, 2.24) is 4.90 Å². The monoisotopic (exact) mass is 387 g/mol. The molecule has 2 aliphatic rings. The van der Waals surface area contributed by atoms with E-state index in [1.54, 1.807) is 18.9 Å². The summed E-state index contributed by atoms with van der Waals surface area (Å²) in [5.41, 5.74) is 1.90. The third-order valence-electron chi connectivity index (χ3n) is 4.56. The number of hydrogen-bond donors (Lipinski definition) is 0. The smallest absolute Gasteiger partial charge is 0.234 e. The van der Waals surface area contributed by atoms with Crippen molar-refractivity contribution in [2.75, 3.05) is 26.3 Å². The first kappa shape index (κ1) is 17.9. The molecule has 2 heterocycles. The van der Waals surface area contributed by atoms with Crippen LogP contribution in [0.4, 0.5) is 0 Å². The minimum atomic E-state index is -0.185. The maximum absolute atomic E-state index is 12.6. The van der Waals surface area contributed by atoms with Crippen LogP contribution in [0.1, 0.15) is 23.4 Å². The number of carbonyl (C=O) groups excluding carboxylic acids is 1. The normalized spacial score (nSPS) is 18.1. The second kappa shape index (κ2) is 7.60. The average Bonchev–Trinajstić information content (AvgIpc) is 3.30. The van der Waals surface area contributed by atoms with Crippen LogP contribution in [0.15, 0.2) is 36.4 Å². The zero-order valence-corrected chi connectivity index (χ0v) is 16.1. The van der Waals surface area contributed by atoms with Crippen LogP contribution >= 0.6 is 11.8 Å². The molecule has 0 N–H and O–H groups in total. The maximum Gasteiger partial charge on any atom is 0.234 e. The molecule has 0 aromatic heterocycles. The second-order valence-electron chi connectivity index (χ2n) is 6.18. The molecule has 1 fully saturated rings. The Morgan fingerprint density at radius 3 is 2.74 bits per heavy atom. The van der Waals surface area contributed by atoms with Gasteiger partial charge in [0.05, 0.1) is 25.0 Å². The molecule has 2 aromatic rings. The highest BCUT2D eigenvalue weighted by molar-refractivity contribution is 8.00. The molecule has 27 heavy (non-hydrogen) atoms. The first-order chi connectivity index (χ1) is 13.2. The van der Waals surface area contributed by atoms with Crippen LogP contribution in [-0.2, 0) is 11.3 Å². The maximum atomic E-state index is 12.6. The van der Waals surface area contributed by atoms with Crippen molar-refractivity contribution in [3.05, 3.63) is 47.5 Å². The summed E-state index contributed by atoms with van der Waals surface area (Å²) in [7, 11) is 1.62. The van der Waals surface area contributed by atoms with Crippen LogP contribution in [0.5, 0.6) is 23.0 Å². The van der Waals surface area contributed by atoms with Gasteiger partial charge in [0.1, 0.15) is 16.9 Å². The van der Waals surface area contributed by atoms with Crippen LogP contribution in [-0.4, -0.2) is 37.1 Å². The minimum absolute atomic E-state index is 0.0949. The molecular formula is C20H21NO5S. The predicted molar refractivity (Wildman–Crippen MR) is 102 cm³/mol. The van der Waals surface area contributed by atoms with Crippen molar-refractivity contribution < 1.29 is 23.7 Å². The van der Waals surface area contributed by atoms with Gasteiger partial charge in [0.2, 0.25) is 12.7 Å². The largest absolute Gasteiger partial charge is 0.496 e. The van der Waals surface area contributed by atoms with Gasteiger partial charge in [-0.25, -0.2) is 0 Å². The SMILES string of the molecule is CCOc1ccc(CN2C(=O)CSC2c2c(OC)ccc3c2OCO3)cc1. The number of hydrogen-bond acceptors (Lipinski definition) is 6. The second-order valence-corrected chi connectivity index (χ2v) is 7.25. The van der Waals surface area contributed by atoms with Crippen LogP contribution in [0.25, 0.3) is 0 Å². The Hall–Kier alpha value is -2.54. The van der Waals surface area contributed by atoms with Gasteiger partial charge >= 0.3 is 0 Å². The molecule has 1 saturated heterocycles. The summed E-state index contributed by atoms with van der Waals surface area (Å²) in [6.07, 6.45) is 0. The molecule has 0 spiro atoms. The highest BCUT2D eigenvalue weighted by atomic mass is 32.2. The van der Waals surface area contributed by atoms with Crippen molar-refractivity contribution >= 4 is 17.7 Å². The number of benzene rings is 2. The van der Waals surface area contributed by atoms with E-state index in [-0.39, 0.29) is 18.1 Å². The number of ether oxygens (including phenoxy) is 4. The Labute approximate surface area is 162 Å². The molecule has 2 aliphatic heterocycles. The lowest BCUT2D eigenvalue weighted by molar-refractivity contribution is -0.128. The van der Waals surface area contributed by atoms with E-state index in [9.17, 15) is 4.79 Å². The van der Waals surface area contributed by atoms with Gasteiger partial charge in [-0.1, -0.05) is 12.1 Å². The number of methoxy groups -OCH3 is 1. The summed E-state index contributed by atoms with van der Waals surface area (Å²) in [6, 6.07) is 11.5. The van der Waals surface area contributed by atoms with E-state index >= 15 is 0 Å². The van der Waals surface area contributed by atoms with Crippen molar-refractivity contribution in [2.45, 2.75) is 18.8 Å². The minimum Gasteiger partial charge on any atom is -0.496 e. The number of carbonyl (C=O) groups is 1. The van der Waals surface area contributed by atoms with Gasteiger partial charge in [-0.15, -0.1) is 11.8 Å². The topological polar surface area (TPSA) is 57.2 Å². The van der Waals surface area contributed by atoms with Gasteiger partial charge in [0.25, 0.3) is 0 Å². The van der Waals surface area contributed by atoms with E-state index in [1.807, 2.05) is 48.2 Å². The fraction of sp³-hybridized carbons (Fsp3) is 0.350. The van der Waals surface area contributed by atoms with Gasteiger partial charge in [0.15, 0.2) is 11.5 Å². The first-order valence-electron chi connectivity index (χ1n) is 8.80. The Kier molecular flexibility index (Phi) is 5.03. The number of amides is 1. The fourth-order valence-corrected chi connectivity index (χ4v) is 4.53. The third-order valence-corrected chi connectivity index (χ3v) is 5.78. The summed E-state index contributed by atoms with van der Waals surface area (Å²) in [5, 5.41) is -0.185. The highest BCUT2D eigenvalue weighted by Crippen LogP contribution is 2.51. The molecule has 1 unspecified atom stereocenters. The summed E-state index contributed by atoms with van der Waals surface area (Å²) in [5.74, 6) is 3.40. The molecule has 0 saturated carbocycles. The number of fused-ring (bicyclic) bond motifs is 1. The molecule has 0 aliphatic carbocycles. The molecule has 1 atom stereocenters. The lowest BCUT2D eigenvalue weighted by atomic mass is 10.1. The zero-order valence-electron chi connectivity index (χ0n) is 15.3. The zero-order chi connectivity index (χ0) is 18.8. The van der Waals surface area contributed by atoms with Crippen molar-refractivity contribution in [3.63, 3.8) is 0 Å². The van der Waals surface area contributed by atoms with Gasteiger partial charge in [-0.05, 0) is 36.8 Å². The summed E-state index contributed by atoms with van der Waals surface area (Å²) in [4.78, 5) is 14.5. The molecule has 0 bridgehead atoms. The van der Waals surface area contributed by atoms with E-state index in [0.717, 1.165) is 16.9 Å². The molecule has 7 heteroatoms. The Morgan fingerprint density at radius 1 is 1.19 bits per heavy atom. The lowest BCUT2D eigenvalue weighted by Gasteiger charge is -2.26. The van der Waals surface area contributed by atoms with E-state index in [4.69, 9.17) is 18.9 Å².